The molecule has 0 radical (unpaired) electrons. The molecule has 0 aliphatic rings. The van der Waals surface area contributed by atoms with E-state index >= 15 is 0 Å². The van der Waals surface area contributed by atoms with E-state index in [9.17, 15) is 3.89 Å². The van der Waals surface area contributed by atoms with Gasteiger partial charge in [-0.2, -0.15) is 0 Å². The number of halogens is 1. The maximum atomic E-state index is 11.8. The summed E-state index contributed by atoms with van der Waals surface area (Å²) in [5.41, 5.74) is 6.17. The van der Waals surface area contributed by atoms with Crippen molar-refractivity contribution in [2.75, 3.05) is 0 Å². The van der Waals surface area contributed by atoms with Gasteiger partial charge >= 0.3 is 0 Å². The quantitative estimate of drug-likeness (QED) is 0.710. The Morgan fingerprint density at radius 3 is 2.90 bits per heavy atom. The van der Waals surface area contributed by atoms with Gasteiger partial charge in [-0.05, 0) is 6.92 Å². The number of hydrogen-bond donors (Lipinski definition) is 1. The summed E-state index contributed by atoms with van der Waals surface area (Å²) in [6.07, 6.45) is 2.96. The molecule has 0 saturated carbocycles. The molecule has 1 aromatic heterocycles. The fourth-order valence-electron chi connectivity index (χ4n) is 0.593. The van der Waals surface area contributed by atoms with E-state index in [-0.39, 0.29) is 18.4 Å². The van der Waals surface area contributed by atoms with Gasteiger partial charge in [0.15, 0.2) is 12.3 Å². The Bertz CT molecular complexity index is 210. The number of nitrogens with zero attached hydrogens (tertiary/aromatic N) is 2. The lowest BCUT2D eigenvalue weighted by Crippen LogP contribution is -2.04. The summed E-state index contributed by atoms with van der Waals surface area (Å²) in [7, 11) is 0. The van der Waals surface area contributed by atoms with Gasteiger partial charge in [-0.15, -0.1) is 3.89 Å². The Morgan fingerprint density at radius 1 is 1.90 bits per heavy atom. The molecule has 0 aliphatic carbocycles. The fourth-order valence-corrected chi connectivity index (χ4v) is 0.824. The fraction of sp³-hybridized carbons (Fsp3) is 0.400. The molecule has 0 amide bonds. The van der Waals surface area contributed by atoms with Crippen molar-refractivity contribution in [2.45, 2.75) is 13.0 Å². The van der Waals surface area contributed by atoms with Crippen molar-refractivity contribution in [1.29, 1.82) is 0 Å². The second-order valence-electron chi connectivity index (χ2n) is 2.02. The van der Waals surface area contributed by atoms with Crippen molar-refractivity contribution in [3.63, 3.8) is 0 Å². The molecule has 5 heteroatoms. The molecule has 2 N–H and O–H groups in total. The number of imidazole rings is 1. The molecular weight excluding hydrogens is 153 g/mol. The van der Waals surface area contributed by atoms with Gasteiger partial charge in [-0.3, -0.25) is 3.97 Å². The average Bonchev–Trinajstić information content (AvgIpc) is 2.34. The average molecular weight is 161 g/mol. The molecule has 0 spiro atoms. The van der Waals surface area contributed by atoms with Gasteiger partial charge in [0.25, 0.3) is 0 Å². The molecular formula is C5H8FN3S. The Labute approximate surface area is 62.9 Å². The molecule has 1 aromatic rings. The maximum absolute atomic E-state index is 11.8. The highest BCUT2D eigenvalue weighted by atomic mass is 32.2. The summed E-state index contributed by atoms with van der Waals surface area (Å²) in [4.78, 5) is 3.86. The van der Waals surface area contributed by atoms with Crippen molar-refractivity contribution in [3.8, 4) is 0 Å². The first-order valence-corrected chi connectivity index (χ1v) is 3.50. The molecule has 0 aromatic carbocycles. The van der Waals surface area contributed by atoms with Crippen molar-refractivity contribution >= 4 is 12.3 Å². The summed E-state index contributed by atoms with van der Waals surface area (Å²) in [6.45, 7) is 1.80. The Hall–Kier alpha value is -0.550. The van der Waals surface area contributed by atoms with Crippen LogP contribution < -0.4 is 5.73 Å². The van der Waals surface area contributed by atoms with E-state index in [2.05, 4.69) is 4.98 Å². The molecule has 1 atom stereocenters. The van der Waals surface area contributed by atoms with Crippen LogP contribution in [0.1, 0.15) is 18.7 Å². The number of nitrogens with two attached hydrogens (primary N) is 1. The van der Waals surface area contributed by atoms with Gasteiger partial charge in [-0.1, -0.05) is 0 Å². The molecule has 0 bridgehead atoms. The van der Waals surface area contributed by atoms with Gasteiger partial charge in [0.05, 0.1) is 5.69 Å². The molecule has 1 unspecified atom stereocenters. The first-order valence-electron chi connectivity index (χ1n) is 2.82. The van der Waals surface area contributed by atoms with Crippen LogP contribution in [0.4, 0.5) is 3.89 Å². The minimum atomic E-state index is -0.131. The summed E-state index contributed by atoms with van der Waals surface area (Å²) in [5.74, 6) is 0. The van der Waals surface area contributed by atoms with Crippen LogP contribution in [0.3, 0.4) is 0 Å². The van der Waals surface area contributed by atoms with E-state index in [0.29, 0.717) is 5.69 Å². The lowest BCUT2D eigenvalue weighted by atomic mass is 10.3. The highest BCUT2D eigenvalue weighted by Gasteiger charge is 2.02. The van der Waals surface area contributed by atoms with Crippen LogP contribution in [-0.4, -0.2) is 8.96 Å². The predicted molar refractivity (Wildman–Crippen MR) is 38.9 cm³/mol. The van der Waals surface area contributed by atoms with Gasteiger partial charge < -0.3 is 5.73 Å². The summed E-state index contributed by atoms with van der Waals surface area (Å²) >= 11 is 0.106. The second kappa shape index (κ2) is 3.03. The predicted octanol–water partition coefficient (Wildman–Crippen LogP) is 1.28. The first kappa shape index (κ1) is 7.56. The number of aromatic nitrogens is 2. The van der Waals surface area contributed by atoms with Crippen LogP contribution in [0.2, 0.25) is 0 Å². The minimum absolute atomic E-state index is 0.106. The van der Waals surface area contributed by atoms with Gasteiger partial charge in [0.2, 0.25) is 0 Å². The van der Waals surface area contributed by atoms with Crippen molar-refractivity contribution in [1.82, 2.24) is 8.96 Å². The van der Waals surface area contributed by atoms with Crippen LogP contribution in [0, 0.1) is 0 Å². The maximum Gasteiger partial charge on any atom is 0.170 e. The van der Waals surface area contributed by atoms with Crippen LogP contribution >= 0.6 is 12.3 Å². The monoisotopic (exact) mass is 161 g/mol. The SMILES string of the molecule is CC(N)c1cn(SF)cn1. The van der Waals surface area contributed by atoms with Crippen LogP contribution in [-0.2, 0) is 0 Å². The van der Waals surface area contributed by atoms with Crippen molar-refractivity contribution in [2.24, 2.45) is 5.73 Å². The van der Waals surface area contributed by atoms with Crippen molar-refractivity contribution < 1.29 is 3.89 Å². The van der Waals surface area contributed by atoms with E-state index in [4.69, 9.17) is 5.73 Å². The van der Waals surface area contributed by atoms with Crippen LogP contribution in [0.5, 0.6) is 0 Å². The van der Waals surface area contributed by atoms with E-state index in [1.165, 1.54) is 10.3 Å². The summed E-state index contributed by atoms with van der Waals surface area (Å²) < 4.78 is 13.1. The third-order valence-electron chi connectivity index (χ3n) is 1.13. The third-order valence-corrected chi connectivity index (χ3v) is 1.49. The van der Waals surface area contributed by atoms with Crippen LogP contribution in [0.25, 0.3) is 0 Å². The first-order chi connectivity index (χ1) is 4.74. The van der Waals surface area contributed by atoms with Gasteiger partial charge in [0.1, 0.15) is 6.33 Å². The number of rotatable bonds is 2. The van der Waals surface area contributed by atoms with Crippen molar-refractivity contribution in [3.05, 3.63) is 18.2 Å². The topological polar surface area (TPSA) is 43.8 Å². The van der Waals surface area contributed by atoms with Gasteiger partial charge in [-0.25, -0.2) is 4.98 Å². The third kappa shape index (κ3) is 1.48. The summed E-state index contributed by atoms with van der Waals surface area (Å²) in [6, 6.07) is -0.131. The zero-order valence-electron chi connectivity index (χ0n) is 5.49. The molecule has 0 aliphatic heterocycles. The highest BCUT2D eigenvalue weighted by Crippen LogP contribution is 2.11. The molecule has 1 heterocycles. The molecule has 0 fully saturated rings. The molecule has 10 heavy (non-hydrogen) atoms. The Morgan fingerprint density at radius 2 is 2.60 bits per heavy atom. The zero-order chi connectivity index (χ0) is 7.56. The Kier molecular flexibility index (Phi) is 2.29. The van der Waals surface area contributed by atoms with E-state index < -0.39 is 0 Å². The summed E-state index contributed by atoms with van der Waals surface area (Å²) in [5, 5.41) is 0. The Balaban J connectivity index is 2.78. The normalized spacial score (nSPS) is 13.5. The lowest BCUT2D eigenvalue weighted by Gasteiger charge is -1.95. The minimum Gasteiger partial charge on any atom is -0.323 e. The van der Waals surface area contributed by atoms with Gasteiger partial charge in [0, 0.05) is 12.2 Å². The van der Waals surface area contributed by atoms with E-state index in [1.54, 1.807) is 13.1 Å². The van der Waals surface area contributed by atoms with Crippen LogP contribution in [0.15, 0.2) is 12.5 Å². The molecule has 56 valence electrons. The zero-order valence-corrected chi connectivity index (χ0v) is 6.31. The standard InChI is InChI=1S/C5H8FN3S/c1-4(7)5-2-9(10-6)3-8-5/h2-4H,7H2,1H3. The highest BCUT2D eigenvalue weighted by molar-refractivity contribution is 7.92. The molecule has 3 nitrogen and oxygen atoms in total. The second-order valence-corrected chi connectivity index (χ2v) is 2.58. The molecule has 1 rings (SSSR count). The van der Waals surface area contributed by atoms with E-state index in [1.807, 2.05) is 0 Å². The number of hydrogen-bond acceptors (Lipinski definition) is 3. The molecule has 0 saturated heterocycles. The lowest BCUT2D eigenvalue weighted by molar-refractivity contribution is 0.788. The smallest absolute Gasteiger partial charge is 0.170 e. The largest absolute Gasteiger partial charge is 0.323 e. The van der Waals surface area contributed by atoms with E-state index in [0.717, 1.165) is 0 Å².